The molecule has 2 aliphatic rings. The molecule has 0 radical (unpaired) electrons. The maximum Gasteiger partial charge on any atom is 0.253 e. The van der Waals surface area contributed by atoms with E-state index in [9.17, 15) is 13.2 Å². The molecule has 4 heterocycles. The van der Waals surface area contributed by atoms with Gasteiger partial charge in [-0.05, 0) is 49.2 Å². The third-order valence-electron chi connectivity index (χ3n) is 7.44. The van der Waals surface area contributed by atoms with E-state index >= 15 is 0 Å². The van der Waals surface area contributed by atoms with Gasteiger partial charge in [-0.3, -0.25) is 4.79 Å². The van der Waals surface area contributed by atoms with Crippen LogP contribution in [0.15, 0.2) is 59.8 Å². The largest absolute Gasteiger partial charge is 0.497 e. The first-order chi connectivity index (χ1) is 19.5. The predicted molar refractivity (Wildman–Crippen MR) is 148 cm³/mol. The predicted octanol–water partition coefficient (Wildman–Crippen LogP) is 2.36. The number of piperidine rings is 1. The van der Waals surface area contributed by atoms with Crippen molar-refractivity contribution in [3.8, 4) is 11.4 Å². The van der Waals surface area contributed by atoms with Gasteiger partial charge < -0.3 is 14.5 Å². The molecule has 0 atom stereocenters. The normalized spacial score (nSPS) is 16.8. The van der Waals surface area contributed by atoms with Crippen LogP contribution in [0.2, 0.25) is 0 Å². The molecule has 0 unspecified atom stereocenters. The van der Waals surface area contributed by atoms with E-state index < -0.39 is 10.0 Å². The van der Waals surface area contributed by atoms with Crippen LogP contribution < -0.4 is 9.64 Å². The summed E-state index contributed by atoms with van der Waals surface area (Å²) in [5.74, 6) is 1.24. The van der Waals surface area contributed by atoms with E-state index in [-0.39, 0.29) is 10.8 Å². The zero-order valence-electron chi connectivity index (χ0n) is 22.2. The molecule has 2 aromatic carbocycles. The fourth-order valence-corrected chi connectivity index (χ4v) is 6.73. The summed E-state index contributed by atoms with van der Waals surface area (Å²) in [6, 6.07) is 13.8. The molecular formula is C27H30N8O4S. The van der Waals surface area contributed by atoms with E-state index in [4.69, 9.17) is 4.74 Å². The van der Waals surface area contributed by atoms with Crippen molar-refractivity contribution < 1.29 is 17.9 Å². The van der Waals surface area contributed by atoms with E-state index in [1.54, 1.807) is 28.8 Å². The standard InChI is InChI=1S/C27H30N8O4S/c1-39-22-7-5-6-21(18-22)35-26-24(30-31-35)25(28-19-29-26)32-14-16-33(17-15-32)27(36)20-8-10-23(11-9-20)40(37,38)34-12-3-2-4-13-34/h5-11,18-19H,2-4,12-17H2,1H3. The lowest BCUT2D eigenvalue weighted by Gasteiger charge is -2.35. The topological polar surface area (TPSA) is 127 Å². The van der Waals surface area contributed by atoms with Crippen molar-refractivity contribution in [1.29, 1.82) is 0 Å². The number of ether oxygens (including phenoxy) is 1. The number of hydrogen-bond acceptors (Lipinski definition) is 9. The molecule has 2 saturated heterocycles. The van der Waals surface area contributed by atoms with Crippen molar-refractivity contribution in [2.45, 2.75) is 24.2 Å². The maximum atomic E-state index is 13.2. The van der Waals surface area contributed by atoms with E-state index in [2.05, 4.69) is 25.2 Å². The van der Waals surface area contributed by atoms with Crippen LogP contribution >= 0.6 is 0 Å². The SMILES string of the molecule is COc1cccc(-n2nnc3c(N4CCN(C(=O)c5ccc(S(=O)(=O)N6CCCCC6)cc5)CC4)ncnc32)c1. The van der Waals surface area contributed by atoms with Crippen molar-refractivity contribution in [1.82, 2.24) is 34.2 Å². The number of fused-ring (bicyclic) bond motifs is 1. The van der Waals surface area contributed by atoms with Crippen LogP contribution in [-0.2, 0) is 10.0 Å². The molecule has 12 nitrogen and oxygen atoms in total. The summed E-state index contributed by atoms with van der Waals surface area (Å²) in [6.45, 7) is 3.19. The molecule has 0 saturated carbocycles. The lowest BCUT2D eigenvalue weighted by atomic mass is 10.2. The van der Waals surface area contributed by atoms with Crippen molar-refractivity contribution in [3.05, 3.63) is 60.4 Å². The Bertz CT molecular complexity index is 1630. The quantitative estimate of drug-likeness (QED) is 0.348. The summed E-state index contributed by atoms with van der Waals surface area (Å²) in [4.78, 5) is 26.2. The number of nitrogens with zero attached hydrogens (tertiary/aromatic N) is 8. The van der Waals surface area contributed by atoms with Gasteiger partial charge in [0.2, 0.25) is 10.0 Å². The van der Waals surface area contributed by atoms with E-state index in [0.29, 0.717) is 67.6 Å². The number of anilines is 1. The fourth-order valence-electron chi connectivity index (χ4n) is 5.21. The molecule has 0 aliphatic carbocycles. The highest BCUT2D eigenvalue weighted by atomic mass is 32.2. The molecule has 13 heteroatoms. The smallest absolute Gasteiger partial charge is 0.253 e. The number of carbonyl (C=O) groups is 1. The average Bonchev–Trinajstić information content (AvgIpc) is 3.46. The number of sulfonamides is 1. The Morgan fingerprint density at radius 3 is 2.38 bits per heavy atom. The van der Waals surface area contributed by atoms with Gasteiger partial charge in [0.15, 0.2) is 17.0 Å². The highest BCUT2D eigenvalue weighted by molar-refractivity contribution is 7.89. The van der Waals surface area contributed by atoms with Crippen molar-refractivity contribution in [2.24, 2.45) is 0 Å². The molecule has 2 aromatic heterocycles. The summed E-state index contributed by atoms with van der Waals surface area (Å²) < 4.78 is 34.4. The number of methoxy groups -OCH3 is 1. The zero-order valence-corrected chi connectivity index (χ0v) is 23.0. The Balaban J connectivity index is 1.14. The Kier molecular flexibility index (Phi) is 7.07. The van der Waals surface area contributed by atoms with Crippen LogP contribution in [0.1, 0.15) is 29.6 Å². The second kappa shape index (κ2) is 10.8. The van der Waals surface area contributed by atoms with Crippen molar-refractivity contribution in [2.75, 3.05) is 51.3 Å². The molecule has 4 aromatic rings. The van der Waals surface area contributed by atoms with Gasteiger partial charge in [-0.25, -0.2) is 18.4 Å². The number of carbonyl (C=O) groups excluding carboxylic acids is 1. The molecule has 208 valence electrons. The minimum absolute atomic E-state index is 0.127. The van der Waals surface area contributed by atoms with Crippen molar-refractivity contribution in [3.63, 3.8) is 0 Å². The number of amides is 1. The first-order valence-corrected chi connectivity index (χ1v) is 14.7. The van der Waals surface area contributed by atoms with Gasteiger partial charge in [0.25, 0.3) is 5.91 Å². The highest BCUT2D eigenvalue weighted by Crippen LogP contribution is 2.26. The Morgan fingerprint density at radius 1 is 0.900 bits per heavy atom. The number of benzene rings is 2. The molecule has 0 spiro atoms. The number of hydrogen-bond donors (Lipinski definition) is 0. The average molecular weight is 563 g/mol. The Labute approximate surface area is 232 Å². The lowest BCUT2D eigenvalue weighted by Crippen LogP contribution is -2.49. The second-order valence-electron chi connectivity index (χ2n) is 9.84. The third-order valence-corrected chi connectivity index (χ3v) is 9.35. The van der Waals surface area contributed by atoms with Gasteiger partial charge in [0.05, 0.1) is 17.7 Å². The summed E-state index contributed by atoms with van der Waals surface area (Å²) >= 11 is 0. The van der Waals surface area contributed by atoms with E-state index in [1.807, 2.05) is 24.3 Å². The molecule has 2 fully saturated rings. The second-order valence-corrected chi connectivity index (χ2v) is 11.8. The maximum absolute atomic E-state index is 13.2. The molecule has 2 aliphatic heterocycles. The first kappa shape index (κ1) is 26.1. The summed E-state index contributed by atoms with van der Waals surface area (Å²) in [5, 5.41) is 8.67. The summed E-state index contributed by atoms with van der Waals surface area (Å²) in [6.07, 6.45) is 4.30. The van der Waals surface area contributed by atoms with Gasteiger partial charge in [0.1, 0.15) is 12.1 Å². The van der Waals surface area contributed by atoms with Gasteiger partial charge in [-0.1, -0.05) is 17.7 Å². The van der Waals surface area contributed by atoms with Crippen LogP contribution in [-0.4, -0.2) is 94.9 Å². The number of piperazine rings is 1. The third kappa shape index (κ3) is 4.86. The molecule has 40 heavy (non-hydrogen) atoms. The van der Waals surface area contributed by atoms with Gasteiger partial charge >= 0.3 is 0 Å². The Hall–Kier alpha value is -4.10. The van der Waals surface area contributed by atoms with Crippen LogP contribution in [0.4, 0.5) is 5.82 Å². The number of aromatic nitrogens is 5. The molecular weight excluding hydrogens is 532 g/mol. The molecule has 0 N–H and O–H groups in total. The van der Waals surface area contributed by atoms with Crippen LogP contribution in [0, 0.1) is 0 Å². The van der Waals surface area contributed by atoms with E-state index in [0.717, 1.165) is 24.9 Å². The van der Waals surface area contributed by atoms with Gasteiger partial charge in [0, 0.05) is 50.9 Å². The van der Waals surface area contributed by atoms with Gasteiger partial charge in [-0.15, -0.1) is 5.10 Å². The summed E-state index contributed by atoms with van der Waals surface area (Å²) in [7, 11) is -1.92. The van der Waals surface area contributed by atoms with Crippen LogP contribution in [0.25, 0.3) is 16.9 Å². The molecule has 0 bridgehead atoms. The van der Waals surface area contributed by atoms with Crippen molar-refractivity contribution >= 4 is 32.9 Å². The monoisotopic (exact) mass is 562 g/mol. The Morgan fingerprint density at radius 2 is 1.65 bits per heavy atom. The van der Waals surface area contributed by atoms with Gasteiger partial charge in [-0.2, -0.15) is 8.99 Å². The van der Waals surface area contributed by atoms with Crippen LogP contribution in [0.5, 0.6) is 5.75 Å². The highest BCUT2D eigenvalue weighted by Gasteiger charge is 2.28. The zero-order chi connectivity index (χ0) is 27.7. The first-order valence-electron chi connectivity index (χ1n) is 13.3. The fraction of sp³-hybridized carbons (Fsp3) is 0.370. The molecule has 1 amide bonds. The number of rotatable bonds is 6. The minimum Gasteiger partial charge on any atom is -0.497 e. The minimum atomic E-state index is -3.53. The van der Waals surface area contributed by atoms with E-state index in [1.165, 1.54) is 22.8 Å². The summed E-state index contributed by atoms with van der Waals surface area (Å²) in [5.41, 5.74) is 2.40. The van der Waals surface area contributed by atoms with Crippen LogP contribution in [0.3, 0.4) is 0 Å². The lowest BCUT2D eigenvalue weighted by molar-refractivity contribution is 0.0746. The molecule has 6 rings (SSSR count).